The van der Waals surface area contributed by atoms with E-state index in [-0.39, 0.29) is 50.1 Å². The fourth-order valence-electron chi connectivity index (χ4n) is 6.21. The second-order valence-corrected chi connectivity index (χ2v) is 11.6. The van der Waals surface area contributed by atoms with Crippen LogP contribution in [0.15, 0.2) is 0 Å². The first-order chi connectivity index (χ1) is 15.6. The molecule has 2 N–H and O–H groups in total. The van der Waals surface area contributed by atoms with Crippen molar-refractivity contribution >= 4 is 28.0 Å². The minimum atomic E-state index is -6.05. The molecule has 11 nitrogen and oxygen atoms in total. The van der Waals surface area contributed by atoms with Crippen molar-refractivity contribution in [3.05, 3.63) is 0 Å². The van der Waals surface area contributed by atoms with Crippen LogP contribution in [0.4, 0.5) is 8.78 Å². The molecule has 4 saturated carbocycles. The first kappa shape index (κ1) is 25.2. The van der Waals surface area contributed by atoms with Crippen molar-refractivity contribution in [1.82, 2.24) is 0 Å². The molecule has 1 heterocycles. The third-order valence-corrected chi connectivity index (χ3v) is 7.85. The quantitative estimate of drug-likeness (QED) is 0.268. The number of ether oxygens (including phenoxy) is 4. The Morgan fingerprint density at radius 3 is 2.41 bits per heavy atom. The highest BCUT2D eigenvalue weighted by atomic mass is 32.2. The summed E-state index contributed by atoms with van der Waals surface area (Å²) in [6, 6.07) is 0. The van der Waals surface area contributed by atoms with Crippen molar-refractivity contribution in [3.63, 3.8) is 0 Å². The van der Waals surface area contributed by atoms with Crippen molar-refractivity contribution in [1.29, 1.82) is 0 Å². The van der Waals surface area contributed by atoms with E-state index in [1.807, 2.05) is 0 Å². The molecule has 6 unspecified atom stereocenters. The highest BCUT2D eigenvalue weighted by molar-refractivity contribution is 7.87. The van der Waals surface area contributed by atoms with E-state index in [1.54, 1.807) is 6.92 Å². The van der Waals surface area contributed by atoms with Crippen molar-refractivity contribution in [2.24, 2.45) is 11.8 Å². The Bertz CT molecular complexity index is 1000. The van der Waals surface area contributed by atoms with Gasteiger partial charge in [-0.15, -0.1) is 0 Å². The summed E-state index contributed by atoms with van der Waals surface area (Å²) in [5.41, 5.74) is -4.25. The van der Waals surface area contributed by atoms with Crippen molar-refractivity contribution in [2.45, 2.75) is 80.0 Å². The second kappa shape index (κ2) is 8.07. The van der Waals surface area contributed by atoms with Crippen LogP contribution in [0.2, 0.25) is 0 Å². The summed E-state index contributed by atoms with van der Waals surface area (Å²) < 4.78 is 79.1. The van der Waals surface area contributed by atoms with Crippen molar-refractivity contribution in [3.8, 4) is 0 Å². The van der Waals surface area contributed by atoms with Crippen LogP contribution in [0.1, 0.15) is 51.9 Å². The number of halogens is 2. The topological polar surface area (TPSA) is 163 Å². The average molecular weight is 512 g/mol. The number of cyclic esters (lactones) is 1. The zero-order chi connectivity index (χ0) is 25.2. The van der Waals surface area contributed by atoms with Gasteiger partial charge in [0.1, 0.15) is 24.9 Å². The molecule has 4 aliphatic carbocycles. The maximum absolute atomic E-state index is 13.8. The molecule has 5 fully saturated rings. The summed E-state index contributed by atoms with van der Waals surface area (Å²) in [5.74, 6) is -4.15. The molecule has 0 aromatic carbocycles. The van der Waals surface area contributed by atoms with Crippen LogP contribution < -0.4 is 0 Å². The smallest absolute Gasteiger partial charge is 0.460 e. The van der Waals surface area contributed by atoms with E-state index >= 15 is 0 Å². The van der Waals surface area contributed by atoms with E-state index in [0.717, 1.165) is 0 Å². The number of hydrogen-bond donors (Lipinski definition) is 2. The Kier molecular flexibility index (Phi) is 5.98. The van der Waals surface area contributed by atoms with Crippen molar-refractivity contribution in [2.75, 3.05) is 13.2 Å². The third-order valence-electron chi connectivity index (χ3n) is 7.04. The van der Waals surface area contributed by atoms with Crippen molar-refractivity contribution < 1.29 is 60.2 Å². The van der Waals surface area contributed by atoms with E-state index in [2.05, 4.69) is 0 Å². The van der Waals surface area contributed by atoms with Crippen LogP contribution in [-0.4, -0.2) is 77.4 Å². The number of aliphatic hydroxyl groups is 1. The molecule has 0 amide bonds. The first-order valence-corrected chi connectivity index (χ1v) is 12.3. The maximum atomic E-state index is 13.8. The summed E-state index contributed by atoms with van der Waals surface area (Å²) in [7, 11) is -6.05. The molecule has 192 valence electrons. The van der Waals surface area contributed by atoms with Gasteiger partial charge < -0.3 is 24.1 Å². The second-order valence-electron chi connectivity index (χ2n) is 10.1. The first-order valence-electron chi connectivity index (χ1n) is 10.9. The van der Waals surface area contributed by atoms with Gasteiger partial charge in [0.15, 0.2) is 0 Å². The Morgan fingerprint density at radius 2 is 1.82 bits per heavy atom. The molecule has 0 aromatic heterocycles. The van der Waals surface area contributed by atoms with Gasteiger partial charge in [0.05, 0.1) is 17.1 Å². The van der Waals surface area contributed by atoms with Crippen LogP contribution >= 0.6 is 0 Å². The highest BCUT2D eigenvalue weighted by Gasteiger charge is 2.67. The van der Waals surface area contributed by atoms with Gasteiger partial charge in [0, 0.05) is 25.7 Å². The van der Waals surface area contributed by atoms with E-state index in [0.29, 0.717) is 19.3 Å². The largest absolute Gasteiger partial charge is 0.465 e. The predicted octanol–water partition coefficient (Wildman–Crippen LogP) is 0.728. The van der Waals surface area contributed by atoms with E-state index in [9.17, 15) is 36.7 Å². The zero-order valence-electron chi connectivity index (χ0n) is 18.3. The Balaban J connectivity index is 1.41. The van der Waals surface area contributed by atoms with Gasteiger partial charge in [0.25, 0.3) is 0 Å². The Hall–Kier alpha value is -1.90. The molecular formula is C20H26F2O11S. The number of carbonyl (C=O) groups is 3. The van der Waals surface area contributed by atoms with Gasteiger partial charge in [0.2, 0.25) is 0 Å². The lowest BCUT2D eigenvalue weighted by Crippen LogP contribution is -2.68. The van der Waals surface area contributed by atoms with Crippen LogP contribution in [0.3, 0.4) is 0 Å². The fourth-order valence-corrected chi connectivity index (χ4v) is 6.46. The minimum absolute atomic E-state index is 0.0650. The lowest BCUT2D eigenvalue weighted by Gasteiger charge is -2.63. The summed E-state index contributed by atoms with van der Waals surface area (Å²) in [6.45, 7) is 1.01. The zero-order valence-corrected chi connectivity index (χ0v) is 19.1. The third kappa shape index (κ3) is 4.64. The summed E-state index contributed by atoms with van der Waals surface area (Å²) in [4.78, 5) is 35.6. The maximum Gasteiger partial charge on any atom is 0.465 e. The number of esters is 3. The van der Waals surface area contributed by atoms with Gasteiger partial charge in [-0.25, -0.2) is 9.59 Å². The normalized spacial score (nSPS) is 39.1. The summed E-state index contributed by atoms with van der Waals surface area (Å²) >= 11 is 0. The number of carbonyl (C=O) groups excluding carboxylic acids is 3. The number of alkyl halides is 2. The predicted molar refractivity (Wildman–Crippen MR) is 105 cm³/mol. The molecule has 5 rings (SSSR count). The monoisotopic (exact) mass is 512 g/mol. The lowest BCUT2D eigenvalue weighted by atomic mass is 9.50. The lowest BCUT2D eigenvalue weighted by molar-refractivity contribution is -0.277. The molecule has 34 heavy (non-hydrogen) atoms. The van der Waals surface area contributed by atoms with Crippen LogP contribution in [0.25, 0.3) is 0 Å². The Morgan fingerprint density at radius 1 is 1.18 bits per heavy atom. The van der Waals surface area contributed by atoms with Crippen LogP contribution in [0.5, 0.6) is 0 Å². The molecule has 1 aliphatic heterocycles. The van der Waals surface area contributed by atoms with E-state index < -0.39 is 56.8 Å². The summed E-state index contributed by atoms with van der Waals surface area (Å²) in [5, 5.41) is 5.81. The van der Waals surface area contributed by atoms with Crippen LogP contribution in [-0.2, 0) is 43.4 Å². The SMILES string of the molecule is CC1CC(COC(=O)COC23CC4CC(O)(C2)CC(OC(=O)C(F)(F)S(=O)(=O)O)(C4)C3)OC1=O. The molecule has 0 spiro atoms. The summed E-state index contributed by atoms with van der Waals surface area (Å²) in [6.07, 6.45) is 0.351. The molecule has 14 heteroatoms. The molecule has 0 radical (unpaired) electrons. The number of hydrogen-bond acceptors (Lipinski definition) is 10. The van der Waals surface area contributed by atoms with Gasteiger partial charge in [-0.05, 0) is 25.2 Å². The highest BCUT2D eigenvalue weighted by Crippen LogP contribution is 2.62. The van der Waals surface area contributed by atoms with Gasteiger partial charge in [-0.3, -0.25) is 9.35 Å². The Labute approximate surface area is 193 Å². The molecule has 5 aliphatic rings. The fraction of sp³-hybridized carbons (Fsp3) is 0.850. The number of rotatable bonds is 8. The van der Waals surface area contributed by atoms with Gasteiger partial charge in [-0.1, -0.05) is 6.92 Å². The van der Waals surface area contributed by atoms with Crippen LogP contribution in [0, 0.1) is 11.8 Å². The van der Waals surface area contributed by atoms with E-state index in [1.165, 1.54) is 0 Å². The molecular weight excluding hydrogens is 486 g/mol. The molecule has 4 bridgehead atoms. The molecule has 0 aromatic rings. The average Bonchev–Trinajstić information content (AvgIpc) is 2.99. The molecule has 6 atom stereocenters. The minimum Gasteiger partial charge on any atom is -0.460 e. The standard InChI is InChI=1S/C20H26F2O11S/c1-11-2-13(32-15(11)24)6-30-14(23)7-31-18-4-12-3-17(26,8-18)9-19(5-12,10-18)33-16(25)20(21,22)34(27,28)29/h11-13,26H,2-10H2,1H3,(H,27,28,29). The van der Waals surface area contributed by atoms with E-state index in [4.69, 9.17) is 23.5 Å². The van der Waals surface area contributed by atoms with Gasteiger partial charge in [-0.2, -0.15) is 17.2 Å². The van der Waals surface area contributed by atoms with Gasteiger partial charge >= 0.3 is 33.3 Å². The molecule has 1 saturated heterocycles.